The highest BCUT2D eigenvalue weighted by Crippen LogP contribution is 2.40. The molecule has 2 aliphatic heterocycles. The summed E-state index contributed by atoms with van der Waals surface area (Å²) in [6.07, 6.45) is 5.86. The number of aromatic nitrogens is 1. The van der Waals surface area contributed by atoms with Crippen molar-refractivity contribution in [3.05, 3.63) is 29.8 Å². The first-order chi connectivity index (χ1) is 10.0. The lowest BCUT2D eigenvalue weighted by atomic mass is 9.88. The summed E-state index contributed by atoms with van der Waals surface area (Å²) in [6.45, 7) is 0. The van der Waals surface area contributed by atoms with Gasteiger partial charge in [0.2, 0.25) is 0 Å². The Balaban J connectivity index is 1.76. The molecule has 1 aromatic rings. The van der Waals surface area contributed by atoms with Gasteiger partial charge in [-0.1, -0.05) is 0 Å². The SMILES string of the molecule is O=C(O)CC1CC2CCC(C1)N2C(=O)c1cncc(F)c1. The van der Waals surface area contributed by atoms with E-state index in [1.54, 1.807) is 0 Å². The summed E-state index contributed by atoms with van der Waals surface area (Å²) in [7, 11) is 0. The molecule has 1 amide bonds. The van der Waals surface area contributed by atoms with Gasteiger partial charge in [-0.3, -0.25) is 14.6 Å². The smallest absolute Gasteiger partial charge is 0.303 e. The van der Waals surface area contributed by atoms with Gasteiger partial charge < -0.3 is 10.0 Å². The molecule has 0 radical (unpaired) electrons. The van der Waals surface area contributed by atoms with Gasteiger partial charge in [0.1, 0.15) is 5.82 Å². The van der Waals surface area contributed by atoms with Crippen molar-refractivity contribution in [2.75, 3.05) is 0 Å². The summed E-state index contributed by atoms with van der Waals surface area (Å²) in [5.41, 5.74) is 0.267. The van der Waals surface area contributed by atoms with Gasteiger partial charge in [-0.2, -0.15) is 0 Å². The molecular formula is C15H17FN2O3. The molecule has 1 N–H and O–H groups in total. The van der Waals surface area contributed by atoms with Crippen molar-refractivity contribution in [1.29, 1.82) is 0 Å². The standard InChI is InChI=1S/C15H17FN2O3/c16-11-6-10(7-17-8-11)15(21)18-12-1-2-13(18)4-9(3-12)5-14(19)20/h6-9,12-13H,1-5H2,(H,19,20). The molecule has 6 heteroatoms. The van der Waals surface area contributed by atoms with Gasteiger partial charge in [0.05, 0.1) is 11.8 Å². The Morgan fingerprint density at radius 2 is 1.95 bits per heavy atom. The monoisotopic (exact) mass is 292 g/mol. The van der Waals surface area contributed by atoms with Gasteiger partial charge >= 0.3 is 5.97 Å². The molecule has 21 heavy (non-hydrogen) atoms. The number of aliphatic carboxylic acids is 1. The third-order valence-electron chi connectivity index (χ3n) is 4.48. The van der Waals surface area contributed by atoms with Crippen LogP contribution < -0.4 is 0 Å². The fourth-order valence-corrected chi connectivity index (χ4v) is 3.71. The maximum absolute atomic E-state index is 13.2. The predicted octanol–water partition coefficient (Wildman–Crippen LogP) is 2.08. The average Bonchev–Trinajstić information content (AvgIpc) is 2.69. The van der Waals surface area contributed by atoms with Crippen LogP contribution in [0.1, 0.15) is 42.5 Å². The minimum Gasteiger partial charge on any atom is -0.481 e. The average molecular weight is 292 g/mol. The highest BCUT2D eigenvalue weighted by molar-refractivity contribution is 5.94. The fourth-order valence-electron chi connectivity index (χ4n) is 3.71. The van der Waals surface area contributed by atoms with Crippen LogP contribution >= 0.6 is 0 Å². The van der Waals surface area contributed by atoms with Crippen molar-refractivity contribution in [1.82, 2.24) is 9.88 Å². The van der Waals surface area contributed by atoms with Gasteiger partial charge in [0, 0.05) is 24.7 Å². The van der Waals surface area contributed by atoms with Crippen molar-refractivity contribution in [3.63, 3.8) is 0 Å². The topological polar surface area (TPSA) is 70.5 Å². The number of pyridine rings is 1. The summed E-state index contributed by atoms with van der Waals surface area (Å²) >= 11 is 0. The van der Waals surface area contributed by atoms with E-state index >= 15 is 0 Å². The van der Waals surface area contributed by atoms with Crippen LogP contribution in [0, 0.1) is 11.7 Å². The van der Waals surface area contributed by atoms with Gasteiger partial charge in [-0.25, -0.2) is 4.39 Å². The number of hydrogen-bond donors (Lipinski definition) is 1. The number of carboxylic acid groups (broad SMARTS) is 1. The van der Waals surface area contributed by atoms with Gasteiger partial charge in [0.25, 0.3) is 5.91 Å². The second-order valence-corrected chi connectivity index (χ2v) is 5.92. The summed E-state index contributed by atoms with van der Waals surface area (Å²) in [5, 5.41) is 8.91. The van der Waals surface area contributed by atoms with Crippen LogP contribution in [0.15, 0.2) is 18.5 Å². The number of carbonyl (C=O) groups excluding carboxylic acids is 1. The molecule has 0 aromatic carbocycles. The van der Waals surface area contributed by atoms with E-state index in [4.69, 9.17) is 5.11 Å². The molecule has 2 saturated heterocycles. The van der Waals surface area contributed by atoms with Crippen LogP contribution in [0.5, 0.6) is 0 Å². The van der Waals surface area contributed by atoms with E-state index in [1.165, 1.54) is 12.3 Å². The lowest BCUT2D eigenvalue weighted by Crippen LogP contribution is -2.46. The fraction of sp³-hybridized carbons (Fsp3) is 0.533. The van der Waals surface area contributed by atoms with Crippen LogP contribution in [0.3, 0.4) is 0 Å². The summed E-state index contributed by atoms with van der Waals surface area (Å²) in [5.74, 6) is -1.36. The molecule has 2 bridgehead atoms. The molecule has 0 spiro atoms. The number of piperidine rings is 1. The van der Waals surface area contributed by atoms with Crippen molar-refractivity contribution in [2.45, 2.75) is 44.2 Å². The maximum atomic E-state index is 13.2. The Hall–Kier alpha value is -1.98. The molecule has 2 fully saturated rings. The minimum atomic E-state index is -0.784. The molecule has 3 rings (SSSR count). The van der Waals surface area contributed by atoms with Crippen molar-refractivity contribution in [2.24, 2.45) is 5.92 Å². The largest absolute Gasteiger partial charge is 0.481 e. The van der Waals surface area contributed by atoms with E-state index in [1.807, 2.05) is 4.90 Å². The normalized spacial score (nSPS) is 27.7. The van der Waals surface area contributed by atoms with Crippen LogP contribution in [0.4, 0.5) is 4.39 Å². The number of halogens is 1. The third-order valence-corrected chi connectivity index (χ3v) is 4.48. The van der Waals surface area contributed by atoms with Crippen molar-refractivity contribution < 1.29 is 19.1 Å². The van der Waals surface area contributed by atoms with Gasteiger partial charge in [-0.15, -0.1) is 0 Å². The molecule has 3 heterocycles. The van der Waals surface area contributed by atoms with E-state index in [0.29, 0.717) is 0 Å². The highest BCUT2D eigenvalue weighted by atomic mass is 19.1. The molecule has 2 unspecified atom stereocenters. The lowest BCUT2D eigenvalue weighted by molar-refractivity contribution is -0.138. The first-order valence-corrected chi connectivity index (χ1v) is 7.19. The van der Waals surface area contributed by atoms with E-state index < -0.39 is 11.8 Å². The first kappa shape index (κ1) is 14.0. The van der Waals surface area contributed by atoms with E-state index in [2.05, 4.69) is 4.98 Å². The number of hydrogen-bond acceptors (Lipinski definition) is 3. The predicted molar refractivity (Wildman–Crippen MR) is 72.2 cm³/mol. The minimum absolute atomic E-state index is 0.0730. The number of amides is 1. The Labute approximate surface area is 121 Å². The molecule has 5 nitrogen and oxygen atoms in total. The van der Waals surface area contributed by atoms with Crippen LogP contribution in [-0.4, -0.2) is 39.0 Å². The zero-order valence-electron chi connectivity index (χ0n) is 11.5. The number of carbonyl (C=O) groups is 2. The number of fused-ring (bicyclic) bond motifs is 2. The van der Waals surface area contributed by atoms with Crippen LogP contribution in [-0.2, 0) is 4.79 Å². The van der Waals surface area contributed by atoms with Crippen molar-refractivity contribution in [3.8, 4) is 0 Å². The Kier molecular flexibility index (Phi) is 3.61. The molecule has 2 aliphatic rings. The van der Waals surface area contributed by atoms with E-state index in [0.717, 1.165) is 31.9 Å². The van der Waals surface area contributed by atoms with E-state index in [9.17, 15) is 14.0 Å². The number of nitrogens with zero attached hydrogens (tertiary/aromatic N) is 2. The lowest BCUT2D eigenvalue weighted by Gasteiger charge is -2.38. The Morgan fingerprint density at radius 1 is 1.29 bits per heavy atom. The van der Waals surface area contributed by atoms with Crippen LogP contribution in [0.25, 0.3) is 0 Å². The van der Waals surface area contributed by atoms with Crippen LogP contribution in [0.2, 0.25) is 0 Å². The second-order valence-electron chi connectivity index (χ2n) is 5.92. The van der Waals surface area contributed by atoms with Gasteiger partial charge in [0.15, 0.2) is 0 Å². The molecule has 112 valence electrons. The molecular weight excluding hydrogens is 275 g/mol. The number of carboxylic acids is 1. The first-order valence-electron chi connectivity index (χ1n) is 7.19. The number of rotatable bonds is 3. The second kappa shape index (κ2) is 5.42. The Morgan fingerprint density at radius 3 is 2.52 bits per heavy atom. The highest BCUT2D eigenvalue weighted by Gasteiger charge is 2.43. The van der Waals surface area contributed by atoms with Crippen molar-refractivity contribution >= 4 is 11.9 Å². The molecule has 0 aliphatic carbocycles. The zero-order valence-corrected chi connectivity index (χ0v) is 11.5. The van der Waals surface area contributed by atoms with Gasteiger partial charge in [-0.05, 0) is 37.7 Å². The molecule has 1 aromatic heterocycles. The summed E-state index contributed by atoms with van der Waals surface area (Å²) in [4.78, 5) is 28.9. The summed E-state index contributed by atoms with van der Waals surface area (Å²) in [6, 6.07) is 1.35. The zero-order chi connectivity index (χ0) is 15.0. The maximum Gasteiger partial charge on any atom is 0.303 e. The van der Waals surface area contributed by atoms with E-state index in [-0.39, 0.29) is 35.9 Å². The quantitative estimate of drug-likeness (QED) is 0.926. The Bertz CT molecular complexity index is 564. The third kappa shape index (κ3) is 2.75. The molecule has 2 atom stereocenters. The molecule has 0 saturated carbocycles. The summed E-state index contributed by atoms with van der Waals surface area (Å²) < 4.78 is 13.2.